The predicted octanol–water partition coefficient (Wildman–Crippen LogP) is 3.03. The van der Waals surface area contributed by atoms with Crippen molar-refractivity contribution in [3.05, 3.63) is 52.2 Å². The van der Waals surface area contributed by atoms with Gasteiger partial charge in [-0.3, -0.25) is 9.59 Å². The molecule has 1 N–H and O–H groups in total. The standard InChI is InChI=1S/C19H20N2O4S/c1-25-19(24)13-6-8-15(9-7-13)20-17(22)14-4-2-10-21(12-14)18(23)16-5-3-11-26-16/h3,5-9,11,14H,2,4,10,12H2,1H3,(H,20,22)/t14-/m0/s1. The Hall–Kier alpha value is -2.67. The lowest BCUT2D eigenvalue weighted by molar-refractivity contribution is -0.121. The van der Waals surface area contributed by atoms with Crippen LogP contribution in [0.4, 0.5) is 5.69 Å². The van der Waals surface area contributed by atoms with Gasteiger partial charge in [-0.25, -0.2) is 4.79 Å². The lowest BCUT2D eigenvalue weighted by atomic mass is 9.96. The molecular weight excluding hydrogens is 352 g/mol. The number of methoxy groups -OCH3 is 1. The van der Waals surface area contributed by atoms with E-state index in [0.29, 0.717) is 29.2 Å². The second kappa shape index (κ2) is 8.14. The topological polar surface area (TPSA) is 75.7 Å². The van der Waals surface area contributed by atoms with E-state index in [-0.39, 0.29) is 17.7 Å². The summed E-state index contributed by atoms with van der Waals surface area (Å²) >= 11 is 1.41. The van der Waals surface area contributed by atoms with Gasteiger partial charge in [-0.1, -0.05) is 6.07 Å². The van der Waals surface area contributed by atoms with Crippen molar-refractivity contribution in [2.45, 2.75) is 12.8 Å². The third kappa shape index (κ3) is 4.11. The first-order chi connectivity index (χ1) is 12.6. The van der Waals surface area contributed by atoms with Crippen molar-refractivity contribution in [1.82, 2.24) is 4.90 Å². The van der Waals surface area contributed by atoms with Gasteiger partial charge in [0, 0.05) is 18.8 Å². The largest absolute Gasteiger partial charge is 0.465 e. The molecular formula is C19H20N2O4S. The summed E-state index contributed by atoms with van der Waals surface area (Å²) in [6.07, 6.45) is 1.55. The van der Waals surface area contributed by atoms with Gasteiger partial charge >= 0.3 is 5.97 Å². The van der Waals surface area contributed by atoms with Crippen LogP contribution in [0.5, 0.6) is 0 Å². The molecule has 1 saturated heterocycles. The van der Waals surface area contributed by atoms with Gasteiger partial charge in [0.1, 0.15) is 0 Å². The fraction of sp³-hybridized carbons (Fsp3) is 0.316. The van der Waals surface area contributed by atoms with Crippen LogP contribution in [0.2, 0.25) is 0 Å². The summed E-state index contributed by atoms with van der Waals surface area (Å²) in [5.41, 5.74) is 1.04. The Morgan fingerprint density at radius 2 is 1.96 bits per heavy atom. The van der Waals surface area contributed by atoms with Crippen molar-refractivity contribution in [1.29, 1.82) is 0 Å². The lowest BCUT2D eigenvalue weighted by Crippen LogP contribution is -2.43. The van der Waals surface area contributed by atoms with Gasteiger partial charge in [0.15, 0.2) is 0 Å². The van der Waals surface area contributed by atoms with E-state index in [1.807, 2.05) is 11.4 Å². The molecule has 0 unspecified atom stereocenters. The van der Waals surface area contributed by atoms with Crippen molar-refractivity contribution in [2.75, 3.05) is 25.5 Å². The van der Waals surface area contributed by atoms with Crippen LogP contribution in [-0.2, 0) is 9.53 Å². The molecule has 1 aliphatic rings. The van der Waals surface area contributed by atoms with Crippen molar-refractivity contribution in [2.24, 2.45) is 5.92 Å². The van der Waals surface area contributed by atoms with Gasteiger partial charge in [0.25, 0.3) is 5.91 Å². The van der Waals surface area contributed by atoms with Crippen LogP contribution in [0.15, 0.2) is 41.8 Å². The molecule has 2 heterocycles. The number of nitrogens with zero attached hydrogens (tertiary/aromatic N) is 1. The second-order valence-corrected chi connectivity index (χ2v) is 7.07. The molecule has 0 saturated carbocycles. The molecule has 0 bridgehead atoms. The summed E-state index contributed by atoms with van der Waals surface area (Å²) in [5, 5.41) is 4.74. The highest BCUT2D eigenvalue weighted by molar-refractivity contribution is 7.12. The third-order valence-corrected chi connectivity index (χ3v) is 5.24. The Kier molecular flexibility index (Phi) is 5.68. The molecule has 1 atom stereocenters. The zero-order valence-electron chi connectivity index (χ0n) is 14.4. The number of likely N-dealkylation sites (tertiary alicyclic amines) is 1. The number of hydrogen-bond donors (Lipinski definition) is 1. The van der Waals surface area contributed by atoms with Gasteiger partial charge in [0.2, 0.25) is 5.91 Å². The van der Waals surface area contributed by atoms with Crippen molar-refractivity contribution in [3.8, 4) is 0 Å². The highest BCUT2D eigenvalue weighted by Crippen LogP contribution is 2.22. The smallest absolute Gasteiger partial charge is 0.337 e. The average molecular weight is 372 g/mol. The average Bonchev–Trinajstić information content (AvgIpc) is 3.22. The minimum atomic E-state index is -0.419. The quantitative estimate of drug-likeness (QED) is 0.837. The number of nitrogens with one attached hydrogen (secondary N) is 1. The number of esters is 1. The number of anilines is 1. The predicted molar refractivity (Wildman–Crippen MR) is 99.4 cm³/mol. The highest BCUT2D eigenvalue weighted by Gasteiger charge is 2.29. The molecule has 136 valence electrons. The van der Waals surface area contributed by atoms with E-state index in [1.54, 1.807) is 35.2 Å². The monoisotopic (exact) mass is 372 g/mol. The van der Waals surface area contributed by atoms with E-state index in [1.165, 1.54) is 18.4 Å². The number of benzene rings is 1. The number of carbonyl (C=O) groups excluding carboxylic acids is 3. The Morgan fingerprint density at radius 3 is 2.62 bits per heavy atom. The summed E-state index contributed by atoms with van der Waals surface area (Å²) in [6, 6.07) is 10.2. The van der Waals surface area contributed by atoms with Crippen LogP contribution in [0.3, 0.4) is 0 Å². The summed E-state index contributed by atoms with van der Waals surface area (Å²) < 4.78 is 4.65. The molecule has 1 fully saturated rings. The van der Waals surface area contributed by atoms with Gasteiger partial charge in [-0.05, 0) is 48.6 Å². The maximum Gasteiger partial charge on any atom is 0.337 e. The van der Waals surface area contributed by atoms with Gasteiger partial charge in [-0.2, -0.15) is 0 Å². The maximum absolute atomic E-state index is 12.6. The number of rotatable bonds is 4. The Balaban J connectivity index is 1.60. The van der Waals surface area contributed by atoms with Crippen LogP contribution in [0, 0.1) is 5.92 Å². The first kappa shape index (κ1) is 18.1. The van der Waals surface area contributed by atoms with Gasteiger partial charge < -0.3 is 15.0 Å². The van der Waals surface area contributed by atoms with Crippen molar-refractivity contribution < 1.29 is 19.1 Å². The van der Waals surface area contributed by atoms with E-state index in [2.05, 4.69) is 10.1 Å². The zero-order valence-corrected chi connectivity index (χ0v) is 15.3. The molecule has 1 aliphatic heterocycles. The number of carbonyl (C=O) groups is 3. The number of hydrogen-bond acceptors (Lipinski definition) is 5. The third-order valence-electron chi connectivity index (χ3n) is 4.38. The zero-order chi connectivity index (χ0) is 18.5. The molecule has 1 aromatic heterocycles. The Labute approximate surface area is 155 Å². The SMILES string of the molecule is COC(=O)c1ccc(NC(=O)[C@H]2CCCN(C(=O)c3cccs3)C2)cc1. The van der Waals surface area contributed by atoms with E-state index in [9.17, 15) is 14.4 Å². The molecule has 0 radical (unpaired) electrons. The molecule has 1 aromatic carbocycles. The highest BCUT2D eigenvalue weighted by atomic mass is 32.1. The summed E-state index contributed by atoms with van der Waals surface area (Å²) in [4.78, 5) is 38.9. The fourth-order valence-electron chi connectivity index (χ4n) is 2.98. The van der Waals surface area contributed by atoms with Crippen molar-refractivity contribution in [3.63, 3.8) is 0 Å². The van der Waals surface area contributed by atoms with Crippen LogP contribution < -0.4 is 5.32 Å². The lowest BCUT2D eigenvalue weighted by Gasteiger charge is -2.31. The number of amides is 2. The van der Waals surface area contributed by atoms with Gasteiger partial charge in [0.05, 0.1) is 23.5 Å². The molecule has 6 nitrogen and oxygen atoms in total. The molecule has 7 heteroatoms. The molecule has 3 rings (SSSR count). The first-order valence-electron chi connectivity index (χ1n) is 8.40. The Morgan fingerprint density at radius 1 is 1.19 bits per heavy atom. The fourth-order valence-corrected chi connectivity index (χ4v) is 3.67. The second-order valence-electron chi connectivity index (χ2n) is 6.13. The molecule has 2 amide bonds. The van der Waals surface area contributed by atoms with Crippen LogP contribution in [0.1, 0.15) is 32.9 Å². The molecule has 26 heavy (non-hydrogen) atoms. The van der Waals surface area contributed by atoms with E-state index >= 15 is 0 Å². The van der Waals surface area contributed by atoms with E-state index in [0.717, 1.165) is 12.8 Å². The van der Waals surface area contributed by atoms with Gasteiger partial charge in [-0.15, -0.1) is 11.3 Å². The summed E-state index contributed by atoms with van der Waals surface area (Å²) in [7, 11) is 1.32. The Bertz CT molecular complexity index is 786. The number of thiophene rings is 1. The minimum absolute atomic E-state index is 0.0140. The first-order valence-corrected chi connectivity index (χ1v) is 9.28. The molecule has 0 spiro atoms. The van der Waals surface area contributed by atoms with Crippen LogP contribution in [0.25, 0.3) is 0 Å². The van der Waals surface area contributed by atoms with E-state index < -0.39 is 5.97 Å². The van der Waals surface area contributed by atoms with E-state index in [4.69, 9.17) is 0 Å². The normalized spacial score (nSPS) is 16.8. The van der Waals surface area contributed by atoms with Crippen molar-refractivity contribution >= 4 is 34.8 Å². The number of ether oxygens (including phenoxy) is 1. The van der Waals surface area contributed by atoms with Crippen LogP contribution >= 0.6 is 11.3 Å². The summed E-state index contributed by atoms with van der Waals surface area (Å²) in [5.74, 6) is -0.787. The molecule has 0 aliphatic carbocycles. The van der Waals surface area contributed by atoms with Crippen LogP contribution in [-0.4, -0.2) is 42.9 Å². The maximum atomic E-state index is 12.6. The summed E-state index contributed by atoms with van der Waals surface area (Å²) in [6.45, 7) is 1.09. The number of piperidine rings is 1. The minimum Gasteiger partial charge on any atom is -0.465 e. The molecule has 2 aromatic rings.